The smallest absolute Gasteiger partial charge is 0.121 e. The van der Waals surface area contributed by atoms with Crippen LogP contribution in [0.2, 0.25) is 0 Å². The van der Waals surface area contributed by atoms with E-state index in [0.29, 0.717) is 6.54 Å². The molecule has 4 heteroatoms. The number of fused-ring (bicyclic) bond motifs is 1. The Balaban J connectivity index is 2.28. The van der Waals surface area contributed by atoms with E-state index in [4.69, 9.17) is 5.73 Å². The third-order valence-electron chi connectivity index (χ3n) is 3.22. The maximum atomic E-state index is 5.83. The second kappa shape index (κ2) is 3.06. The molecule has 1 aliphatic rings. The van der Waals surface area contributed by atoms with Crippen LogP contribution in [0.4, 0.5) is 0 Å². The molecule has 78 valence electrons. The van der Waals surface area contributed by atoms with Crippen molar-refractivity contribution in [3.63, 3.8) is 0 Å². The Hall–Kier alpha value is -0.870. The molecule has 0 bridgehead atoms. The molecule has 0 radical (unpaired) electrons. The highest BCUT2D eigenvalue weighted by molar-refractivity contribution is 9.10. The molecule has 0 spiro atoms. The van der Waals surface area contributed by atoms with Gasteiger partial charge in [0.05, 0.1) is 16.3 Å². The van der Waals surface area contributed by atoms with Crippen LogP contribution >= 0.6 is 15.9 Å². The molecule has 2 heterocycles. The first-order valence-corrected chi connectivity index (χ1v) is 5.89. The molecule has 3 rings (SSSR count). The van der Waals surface area contributed by atoms with Gasteiger partial charge in [0.25, 0.3) is 0 Å². The van der Waals surface area contributed by atoms with Crippen LogP contribution < -0.4 is 5.73 Å². The molecule has 1 saturated carbocycles. The van der Waals surface area contributed by atoms with Crippen LogP contribution in [0.1, 0.15) is 18.7 Å². The zero-order valence-electron chi connectivity index (χ0n) is 8.28. The molecule has 0 unspecified atom stereocenters. The molecule has 15 heavy (non-hydrogen) atoms. The van der Waals surface area contributed by atoms with E-state index in [1.54, 1.807) is 0 Å². The quantitative estimate of drug-likeness (QED) is 0.846. The maximum absolute atomic E-state index is 5.83. The Bertz CT molecular complexity index is 514. The second-order valence-electron chi connectivity index (χ2n) is 4.18. The fourth-order valence-electron chi connectivity index (χ4n) is 2.05. The van der Waals surface area contributed by atoms with Gasteiger partial charge < -0.3 is 5.73 Å². The monoisotopic (exact) mass is 265 g/mol. The van der Waals surface area contributed by atoms with Gasteiger partial charge >= 0.3 is 0 Å². The van der Waals surface area contributed by atoms with Crippen molar-refractivity contribution in [1.29, 1.82) is 0 Å². The highest BCUT2D eigenvalue weighted by atomic mass is 79.9. The third-order valence-corrected chi connectivity index (χ3v) is 3.84. The summed E-state index contributed by atoms with van der Waals surface area (Å²) in [6.45, 7) is 0.688. The minimum absolute atomic E-state index is 0.135. The van der Waals surface area contributed by atoms with Crippen molar-refractivity contribution in [2.45, 2.75) is 18.3 Å². The number of hydrogen-bond acceptors (Lipinski definition) is 2. The van der Waals surface area contributed by atoms with E-state index < -0.39 is 0 Å². The summed E-state index contributed by atoms with van der Waals surface area (Å²) in [4.78, 5) is 4.51. The van der Waals surface area contributed by atoms with Crippen LogP contribution in [0, 0.1) is 0 Å². The van der Waals surface area contributed by atoms with Crippen LogP contribution in [-0.2, 0) is 5.41 Å². The number of hydrogen-bond donors (Lipinski definition) is 1. The molecule has 0 amide bonds. The lowest BCUT2D eigenvalue weighted by Crippen LogP contribution is -2.22. The van der Waals surface area contributed by atoms with Crippen LogP contribution in [0.5, 0.6) is 0 Å². The molecule has 1 aliphatic carbocycles. The number of halogens is 1. The topological polar surface area (TPSA) is 43.3 Å². The van der Waals surface area contributed by atoms with Crippen molar-refractivity contribution in [1.82, 2.24) is 9.38 Å². The van der Waals surface area contributed by atoms with Gasteiger partial charge in [-0.05, 0) is 40.9 Å². The molecule has 2 aromatic rings. The Morgan fingerprint density at radius 3 is 2.93 bits per heavy atom. The molecular formula is C11H12BrN3. The number of pyridine rings is 1. The molecule has 0 atom stereocenters. The first-order valence-electron chi connectivity index (χ1n) is 5.09. The van der Waals surface area contributed by atoms with Crippen molar-refractivity contribution in [2.24, 2.45) is 5.73 Å². The first kappa shape index (κ1) is 9.36. The summed E-state index contributed by atoms with van der Waals surface area (Å²) in [5.74, 6) is 1.10. The fourth-order valence-corrected chi connectivity index (χ4v) is 2.58. The average molecular weight is 266 g/mol. The van der Waals surface area contributed by atoms with Gasteiger partial charge in [-0.15, -0.1) is 0 Å². The summed E-state index contributed by atoms with van der Waals surface area (Å²) in [5.41, 5.74) is 7.09. The highest BCUT2D eigenvalue weighted by Gasteiger charge is 2.46. The molecule has 0 aliphatic heterocycles. The maximum Gasteiger partial charge on any atom is 0.121 e. The number of nitrogens with zero attached hydrogens (tertiary/aromatic N) is 2. The minimum Gasteiger partial charge on any atom is -0.329 e. The molecule has 0 saturated heterocycles. The molecular weight excluding hydrogens is 254 g/mol. The zero-order chi connectivity index (χ0) is 10.5. The van der Waals surface area contributed by atoms with Crippen molar-refractivity contribution >= 4 is 21.4 Å². The third kappa shape index (κ3) is 1.25. The summed E-state index contributed by atoms with van der Waals surface area (Å²) >= 11 is 3.56. The largest absolute Gasteiger partial charge is 0.329 e. The SMILES string of the molecule is NCC1(c2ncc3cccc(Br)n23)CC1. The van der Waals surface area contributed by atoms with Gasteiger partial charge in [-0.3, -0.25) is 4.40 Å². The Morgan fingerprint density at radius 2 is 2.27 bits per heavy atom. The van der Waals surface area contributed by atoms with Gasteiger partial charge in [-0.25, -0.2) is 4.98 Å². The Labute approximate surface area is 96.4 Å². The second-order valence-corrected chi connectivity index (χ2v) is 4.99. The average Bonchev–Trinajstić information content (AvgIpc) is 2.92. The van der Waals surface area contributed by atoms with Gasteiger partial charge in [-0.1, -0.05) is 6.07 Å². The van der Waals surface area contributed by atoms with Crippen molar-refractivity contribution in [3.8, 4) is 0 Å². The Kier molecular flexibility index (Phi) is 1.91. The van der Waals surface area contributed by atoms with E-state index in [0.717, 1.165) is 28.8 Å². The van der Waals surface area contributed by atoms with E-state index in [9.17, 15) is 0 Å². The predicted molar refractivity (Wildman–Crippen MR) is 62.9 cm³/mol. The lowest BCUT2D eigenvalue weighted by atomic mass is 10.1. The first-order chi connectivity index (χ1) is 7.27. The minimum atomic E-state index is 0.135. The molecule has 1 fully saturated rings. The van der Waals surface area contributed by atoms with Gasteiger partial charge in [0.2, 0.25) is 0 Å². The van der Waals surface area contributed by atoms with E-state index in [1.165, 1.54) is 0 Å². The predicted octanol–water partition coefficient (Wildman–Crippen LogP) is 2.09. The van der Waals surface area contributed by atoms with E-state index >= 15 is 0 Å². The summed E-state index contributed by atoms with van der Waals surface area (Å²) in [5, 5.41) is 0. The summed E-state index contributed by atoms with van der Waals surface area (Å²) in [6.07, 6.45) is 4.23. The fraction of sp³-hybridized carbons (Fsp3) is 0.364. The van der Waals surface area contributed by atoms with E-state index in [-0.39, 0.29) is 5.41 Å². The number of nitrogens with two attached hydrogens (primary N) is 1. The van der Waals surface area contributed by atoms with E-state index in [2.05, 4.69) is 31.4 Å². The van der Waals surface area contributed by atoms with Crippen LogP contribution in [0.25, 0.3) is 5.52 Å². The lowest BCUT2D eigenvalue weighted by molar-refractivity contribution is 0.643. The highest BCUT2D eigenvalue weighted by Crippen LogP contribution is 2.46. The molecule has 2 aromatic heterocycles. The standard InChI is InChI=1S/C11H12BrN3/c12-9-3-1-2-8-6-14-10(15(8)9)11(7-13)4-5-11/h1-3,6H,4-5,7,13H2. The summed E-state index contributed by atoms with van der Waals surface area (Å²) in [7, 11) is 0. The lowest BCUT2D eigenvalue weighted by Gasteiger charge is -2.12. The van der Waals surface area contributed by atoms with Gasteiger partial charge in [0.15, 0.2) is 0 Å². The summed E-state index contributed by atoms with van der Waals surface area (Å²) in [6, 6.07) is 6.12. The van der Waals surface area contributed by atoms with Crippen LogP contribution in [0.15, 0.2) is 29.0 Å². The molecule has 3 nitrogen and oxygen atoms in total. The Morgan fingerprint density at radius 1 is 1.47 bits per heavy atom. The number of imidazole rings is 1. The normalized spacial score (nSPS) is 18.3. The van der Waals surface area contributed by atoms with Crippen LogP contribution in [0.3, 0.4) is 0 Å². The zero-order valence-corrected chi connectivity index (χ0v) is 9.87. The van der Waals surface area contributed by atoms with Gasteiger partial charge in [0, 0.05) is 12.0 Å². The molecule has 2 N–H and O–H groups in total. The number of aromatic nitrogens is 2. The van der Waals surface area contributed by atoms with Crippen LogP contribution in [-0.4, -0.2) is 15.9 Å². The number of rotatable bonds is 2. The van der Waals surface area contributed by atoms with Gasteiger partial charge in [0.1, 0.15) is 5.82 Å². The molecule has 0 aromatic carbocycles. The van der Waals surface area contributed by atoms with Crippen molar-refractivity contribution in [2.75, 3.05) is 6.54 Å². The van der Waals surface area contributed by atoms with Crippen molar-refractivity contribution in [3.05, 3.63) is 34.8 Å². The summed E-state index contributed by atoms with van der Waals surface area (Å²) < 4.78 is 3.20. The van der Waals surface area contributed by atoms with E-state index in [1.807, 2.05) is 18.3 Å². The van der Waals surface area contributed by atoms with Crippen molar-refractivity contribution < 1.29 is 0 Å². The van der Waals surface area contributed by atoms with Gasteiger partial charge in [-0.2, -0.15) is 0 Å².